The average molecular weight is 369 g/mol. The number of alkyl carbamates (subject to hydrolysis) is 1. The molecule has 0 aromatic heterocycles. The lowest BCUT2D eigenvalue weighted by atomic mass is 10.2. The largest absolute Gasteiger partial charge is 0.444 e. The van der Waals surface area contributed by atoms with Gasteiger partial charge in [-0.3, -0.25) is 19.3 Å². The lowest BCUT2D eigenvalue weighted by molar-refractivity contribution is -0.137. The number of imide groups is 1. The van der Waals surface area contributed by atoms with E-state index in [1.54, 1.807) is 34.9 Å². The Labute approximate surface area is 153 Å². The molecule has 1 heterocycles. The second-order valence-electron chi connectivity index (χ2n) is 7.08. The summed E-state index contributed by atoms with van der Waals surface area (Å²) in [7, 11) is 3.29. The maximum absolute atomic E-state index is 12.0. The van der Waals surface area contributed by atoms with Crippen LogP contribution >= 0.6 is 0 Å². The number of carbonyl (C=O) groups excluding carboxylic acids is 4. The van der Waals surface area contributed by atoms with Gasteiger partial charge in [0.2, 0.25) is 5.91 Å². The van der Waals surface area contributed by atoms with Crippen LogP contribution in [0, 0.1) is 0 Å². The third-order valence-corrected chi connectivity index (χ3v) is 3.30. The predicted molar refractivity (Wildman–Crippen MR) is 93.1 cm³/mol. The van der Waals surface area contributed by atoms with Crippen LogP contribution in [0.1, 0.15) is 27.2 Å². The van der Waals surface area contributed by atoms with Crippen LogP contribution in [-0.2, 0) is 23.9 Å². The van der Waals surface area contributed by atoms with Crippen molar-refractivity contribution in [3.05, 3.63) is 12.2 Å². The fraction of sp³-hybridized carbons (Fsp3) is 0.647. The van der Waals surface area contributed by atoms with Gasteiger partial charge in [0.1, 0.15) is 5.60 Å². The number of ether oxygens (including phenoxy) is 2. The summed E-state index contributed by atoms with van der Waals surface area (Å²) in [6.07, 6.45) is 1.85. The van der Waals surface area contributed by atoms with E-state index in [4.69, 9.17) is 9.47 Å². The van der Waals surface area contributed by atoms with Crippen molar-refractivity contribution in [2.45, 2.75) is 38.8 Å². The maximum atomic E-state index is 12.0. The molecule has 1 rings (SSSR count). The van der Waals surface area contributed by atoms with Crippen LogP contribution in [0.5, 0.6) is 0 Å². The van der Waals surface area contributed by atoms with E-state index < -0.39 is 29.6 Å². The number of nitrogens with one attached hydrogen (secondary N) is 1. The molecule has 0 unspecified atom stereocenters. The minimum absolute atomic E-state index is 0.0248. The molecule has 9 nitrogen and oxygen atoms in total. The summed E-state index contributed by atoms with van der Waals surface area (Å²) in [6.45, 7) is 5.30. The van der Waals surface area contributed by atoms with E-state index in [0.29, 0.717) is 0 Å². The Bertz CT molecular complexity index is 562. The molecule has 1 N–H and O–H groups in total. The van der Waals surface area contributed by atoms with Crippen molar-refractivity contribution in [2.75, 3.05) is 33.9 Å². The first-order chi connectivity index (χ1) is 12.0. The van der Waals surface area contributed by atoms with Crippen molar-refractivity contribution >= 4 is 23.8 Å². The van der Waals surface area contributed by atoms with Gasteiger partial charge in [0.05, 0.1) is 32.2 Å². The summed E-state index contributed by atoms with van der Waals surface area (Å²) in [5.74, 6) is -0.988. The molecule has 1 atom stereocenters. The standard InChI is InChI=1S/C17H27N3O6/c1-17(2,3)26-16(24)18-12(10-20-14(22)6-7-15(20)23)11-25-9-8-13(21)19(4)5/h6-7,12H,8-11H2,1-5H3,(H,18,24)/t12-/m0/s1. The van der Waals surface area contributed by atoms with Crippen molar-refractivity contribution in [1.29, 1.82) is 0 Å². The van der Waals surface area contributed by atoms with Crippen molar-refractivity contribution in [3.63, 3.8) is 0 Å². The van der Waals surface area contributed by atoms with Gasteiger partial charge in [0.15, 0.2) is 0 Å². The van der Waals surface area contributed by atoms with Gasteiger partial charge in [0, 0.05) is 26.2 Å². The van der Waals surface area contributed by atoms with Gasteiger partial charge in [0.25, 0.3) is 11.8 Å². The van der Waals surface area contributed by atoms with E-state index in [0.717, 1.165) is 4.90 Å². The van der Waals surface area contributed by atoms with Gasteiger partial charge in [-0.05, 0) is 20.8 Å². The molecular formula is C17H27N3O6. The highest BCUT2D eigenvalue weighted by Gasteiger charge is 2.28. The third-order valence-electron chi connectivity index (χ3n) is 3.30. The van der Waals surface area contributed by atoms with E-state index in [9.17, 15) is 19.2 Å². The summed E-state index contributed by atoms with van der Waals surface area (Å²) >= 11 is 0. The van der Waals surface area contributed by atoms with Crippen LogP contribution in [0.2, 0.25) is 0 Å². The second kappa shape index (κ2) is 9.33. The first kappa shape index (κ1) is 21.6. The monoisotopic (exact) mass is 369 g/mol. The van der Waals surface area contributed by atoms with Crippen molar-refractivity contribution < 1.29 is 28.7 Å². The van der Waals surface area contributed by atoms with Crippen LogP contribution < -0.4 is 5.32 Å². The van der Waals surface area contributed by atoms with Gasteiger partial charge < -0.3 is 19.7 Å². The number of hydrogen-bond acceptors (Lipinski definition) is 6. The molecule has 0 radical (unpaired) electrons. The molecule has 1 aliphatic rings. The van der Waals surface area contributed by atoms with Crippen LogP contribution in [0.25, 0.3) is 0 Å². The van der Waals surface area contributed by atoms with Crippen molar-refractivity contribution in [3.8, 4) is 0 Å². The van der Waals surface area contributed by atoms with Crippen LogP contribution in [0.15, 0.2) is 12.2 Å². The van der Waals surface area contributed by atoms with Crippen LogP contribution in [-0.4, -0.2) is 79.1 Å². The summed E-state index contributed by atoms with van der Waals surface area (Å²) in [5, 5.41) is 2.60. The zero-order valence-electron chi connectivity index (χ0n) is 15.9. The number of rotatable bonds is 8. The van der Waals surface area contributed by atoms with E-state index in [2.05, 4.69) is 5.32 Å². The Hall–Kier alpha value is -2.42. The summed E-state index contributed by atoms with van der Waals surface area (Å²) in [5.41, 5.74) is -0.686. The van der Waals surface area contributed by atoms with E-state index in [1.807, 2.05) is 0 Å². The molecule has 0 aromatic rings. The lowest BCUT2D eigenvalue weighted by Crippen LogP contribution is -2.49. The molecule has 0 fully saturated rings. The average Bonchev–Trinajstić information content (AvgIpc) is 2.80. The zero-order chi connectivity index (χ0) is 19.9. The molecule has 1 aliphatic heterocycles. The highest BCUT2D eigenvalue weighted by atomic mass is 16.6. The summed E-state index contributed by atoms with van der Waals surface area (Å²) < 4.78 is 10.6. The van der Waals surface area contributed by atoms with Gasteiger partial charge in [-0.25, -0.2) is 4.79 Å². The number of carbonyl (C=O) groups is 4. The third kappa shape index (κ3) is 7.64. The normalized spacial score (nSPS) is 15.2. The van der Waals surface area contributed by atoms with E-state index in [-0.39, 0.29) is 32.1 Å². The molecule has 26 heavy (non-hydrogen) atoms. The molecule has 0 spiro atoms. The Balaban J connectivity index is 2.60. The van der Waals surface area contributed by atoms with Crippen LogP contribution in [0.3, 0.4) is 0 Å². The molecule has 4 amide bonds. The Morgan fingerprint density at radius 3 is 2.27 bits per heavy atom. The SMILES string of the molecule is CN(C)C(=O)CCOC[C@H](CN1C(=O)C=CC1=O)NC(=O)OC(C)(C)C. The molecule has 0 aliphatic carbocycles. The fourth-order valence-corrected chi connectivity index (χ4v) is 2.05. The molecule has 0 saturated heterocycles. The highest BCUT2D eigenvalue weighted by Crippen LogP contribution is 2.09. The van der Waals surface area contributed by atoms with Crippen LogP contribution in [0.4, 0.5) is 4.79 Å². The minimum Gasteiger partial charge on any atom is -0.444 e. The summed E-state index contributed by atoms with van der Waals surface area (Å²) in [6, 6.07) is -0.660. The molecule has 0 bridgehead atoms. The van der Waals surface area contributed by atoms with Gasteiger partial charge in [-0.2, -0.15) is 0 Å². The van der Waals surface area contributed by atoms with Crippen molar-refractivity contribution in [2.24, 2.45) is 0 Å². The quantitative estimate of drug-likeness (QED) is 0.487. The van der Waals surface area contributed by atoms with E-state index >= 15 is 0 Å². The lowest BCUT2D eigenvalue weighted by Gasteiger charge is -2.26. The molecule has 146 valence electrons. The minimum atomic E-state index is -0.686. The molecule has 0 aromatic carbocycles. The first-order valence-electron chi connectivity index (χ1n) is 8.30. The smallest absolute Gasteiger partial charge is 0.408 e. The van der Waals surface area contributed by atoms with E-state index in [1.165, 1.54) is 17.1 Å². The maximum Gasteiger partial charge on any atom is 0.408 e. The van der Waals surface area contributed by atoms with Crippen molar-refractivity contribution in [1.82, 2.24) is 15.1 Å². The Kier molecular flexibility index (Phi) is 7.76. The van der Waals surface area contributed by atoms with Gasteiger partial charge >= 0.3 is 6.09 Å². The molecule has 0 saturated carbocycles. The predicted octanol–water partition coefficient (Wildman–Crippen LogP) is 0.300. The number of nitrogens with zero attached hydrogens (tertiary/aromatic N) is 2. The highest BCUT2D eigenvalue weighted by molar-refractivity contribution is 6.12. The second-order valence-corrected chi connectivity index (χ2v) is 7.08. The zero-order valence-corrected chi connectivity index (χ0v) is 15.9. The molecule has 9 heteroatoms. The van der Waals surface area contributed by atoms with Gasteiger partial charge in [-0.1, -0.05) is 0 Å². The topological polar surface area (TPSA) is 105 Å². The fourth-order valence-electron chi connectivity index (χ4n) is 2.05. The Morgan fingerprint density at radius 1 is 1.19 bits per heavy atom. The molecular weight excluding hydrogens is 342 g/mol. The number of amides is 4. The Morgan fingerprint density at radius 2 is 1.77 bits per heavy atom. The number of hydrogen-bond donors (Lipinski definition) is 1. The first-order valence-corrected chi connectivity index (χ1v) is 8.30. The van der Waals surface area contributed by atoms with Gasteiger partial charge in [-0.15, -0.1) is 0 Å². The summed E-state index contributed by atoms with van der Waals surface area (Å²) in [4.78, 5) is 49.4.